The van der Waals surface area contributed by atoms with Gasteiger partial charge in [0.2, 0.25) is 0 Å². The van der Waals surface area contributed by atoms with Gasteiger partial charge in [-0.3, -0.25) is 4.79 Å². The van der Waals surface area contributed by atoms with Gasteiger partial charge in [0.1, 0.15) is 0 Å². The molecule has 0 aliphatic carbocycles. The van der Waals surface area contributed by atoms with Gasteiger partial charge in [-0.25, -0.2) is 0 Å². The number of aliphatic carboxylic acids is 1. The average molecular weight is 219 g/mol. The van der Waals surface area contributed by atoms with E-state index in [-0.39, 0.29) is 0 Å². The fraction of sp³-hybridized carbons (Fsp3) is 0.462. The molecule has 2 rings (SSSR count). The zero-order valence-electron chi connectivity index (χ0n) is 9.28. The molecule has 0 unspecified atom stereocenters. The van der Waals surface area contributed by atoms with Crippen LogP contribution in [0.4, 0.5) is 0 Å². The van der Waals surface area contributed by atoms with Gasteiger partial charge in [-0.05, 0) is 31.4 Å². The van der Waals surface area contributed by atoms with E-state index in [2.05, 4.69) is 5.32 Å². The molecular formula is C13H17NO2. The van der Waals surface area contributed by atoms with E-state index in [0.717, 1.165) is 24.9 Å². The third-order valence-corrected chi connectivity index (χ3v) is 3.31. The molecule has 0 aromatic heterocycles. The Hall–Kier alpha value is -1.35. The number of carboxylic acid groups (broad SMARTS) is 1. The Kier molecular flexibility index (Phi) is 3.25. The van der Waals surface area contributed by atoms with E-state index in [0.29, 0.717) is 13.0 Å². The Balaban J connectivity index is 2.17. The lowest BCUT2D eigenvalue weighted by Gasteiger charge is -2.33. The van der Waals surface area contributed by atoms with Gasteiger partial charge in [-0.2, -0.15) is 0 Å². The highest BCUT2D eigenvalue weighted by Crippen LogP contribution is 2.30. The second-order valence-corrected chi connectivity index (χ2v) is 4.53. The third kappa shape index (κ3) is 2.25. The van der Waals surface area contributed by atoms with Crippen LogP contribution in [0.2, 0.25) is 0 Å². The van der Waals surface area contributed by atoms with Crippen LogP contribution in [-0.2, 0) is 11.2 Å². The number of carboxylic acids is 1. The molecule has 0 saturated carbocycles. The summed E-state index contributed by atoms with van der Waals surface area (Å²) in [5.41, 5.74) is 0.494. The van der Waals surface area contributed by atoms with Crippen LogP contribution in [0.5, 0.6) is 0 Å². The van der Waals surface area contributed by atoms with E-state index in [1.54, 1.807) is 0 Å². The number of rotatable bonds is 3. The summed E-state index contributed by atoms with van der Waals surface area (Å²) in [6.45, 7) is 1.51. The van der Waals surface area contributed by atoms with Crippen molar-refractivity contribution >= 4 is 5.97 Å². The van der Waals surface area contributed by atoms with E-state index in [9.17, 15) is 9.90 Å². The second kappa shape index (κ2) is 4.66. The molecule has 2 N–H and O–H groups in total. The first-order valence-corrected chi connectivity index (χ1v) is 5.71. The van der Waals surface area contributed by atoms with Crippen LogP contribution in [0.15, 0.2) is 30.3 Å². The first-order chi connectivity index (χ1) is 7.73. The molecule has 3 nitrogen and oxygen atoms in total. The summed E-state index contributed by atoms with van der Waals surface area (Å²) >= 11 is 0. The van der Waals surface area contributed by atoms with Crippen molar-refractivity contribution in [3.8, 4) is 0 Å². The Morgan fingerprint density at radius 3 is 2.69 bits per heavy atom. The highest BCUT2D eigenvalue weighted by molar-refractivity contribution is 5.75. The Labute approximate surface area is 95.5 Å². The Morgan fingerprint density at radius 1 is 1.38 bits per heavy atom. The van der Waals surface area contributed by atoms with Crippen molar-refractivity contribution in [2.24, 2.45) is 5.41 Å². The Morgan fingerprint density at radius 2 is 2.12 bits per heavy atom. The molecule has 1 aromatic carbocycles. The molecule has 1 fully saturated rings. The summed E-state index contributed by atoms with van der Waals surface area (Å²) in [5, 5.41) is 12.6. The number of hydrogen-bond donors (Lipinski definition) is 2. The monoisotopic (exact) mass is 219 g/mol. The summed E-state index contributed by atoms with van der Waals surface area (Å²) in [6, 6.07) is 9.87. The zero-order valence-corrected chi connectivity index (χ0v) is 9.28. The topological polar surface area (TPSA) is 49.3 Å². The van der Waals surface area contributed by atoms with E-state index >= 15 is 0 Å². The summed E-state index contributed by atoms with van der Waals surface area (Å²) in [7, 11) is 0. The maximum Gasteiger partial charge on any atom is 0.311 e. The molecule has 0 bridgehead atoms. The van der Waals surface area contributed by atoms with Crippen LogP contribution in [-0.4, -0.2) is 24.2 Å². The molecule has 1 aromatic rings. The van der Waals surface area contributed by atoms with Crippen molar-refractivity contribution in [2.45, 2.75) is 19.3 Å². The first kappa shape index (κ1) is 11.1. The van der Waals surface area contributed by atoms with Crippen molar-refractivity contribution in [3.05, 3.63) is 35.9 Å². The molecular weight excluding hydrogens is 202 g/mol. The van der Waals surface area contributed by atoms with E-state index in [4.69, 9.17) is 0 Å². The smallest absolute Gasteiger partial charge is 0.311 e. The van der Waals surface area contributed by atoms with Gasteiger partial charge < -0.3 is 10.4 Å². The fourth-order valence-corrected chi connectivity index (χ4v) is 2.36. The molecule has 0 spiro atoms. The molecule has 0 radical (unpaired) electrons. The SMILES string of the molecule is O=C(O)[C@]1(Cc2ccccc2)CCCNC1. The van der Waals surface area contributed by atoms with Crippen molar-refractivity contribution in [2.75, 3.05) is 13.1 Å². The minimum atomic E-state index is -0.677. The fourth-order valence-electron chi connectivity index (χ4n) is 2.36. The van der Waals surface area contributed by atoms with Crippen LogP contribution in [0.1, 0.15) is 18.4 Å². The van der Waals surface area contributed by atoms with Crippen LogP contribution < -0.4 is 5.32 Å². The first-order valence-electron chi connectivity index (χ1n) is 5.71. The zero-order chi connectivity index (χ0) is 11.4. The van der Waals surface area contributed by atoms with Gasteiger partial charge in [0.25, 0.3) is 0 Å². The lowest BCUT2D eigenvalue weighted by molar-refractivity contribution is -0.150. The average Bonchev–Trinajstić information content (AvgIpc) is 2.31. The van der Waals surface area contributed by atoms with Gasteiger partial charge in [0, 0.05) is 6.54 Å². The summed E-state index contributed by atoms with van der Waals surface area (Å²) in [4.78, 5) is 11.4. The number of nitrogens with one attached hydrogen (secondary N) is 1. The molecule has 1 aliphatic rings. The number of carbonyl (C=O) groups is 1. The number of hydrogen-bond acceptors (Lipinski definition) is 2. The van der Waals surface area contributed by atoms with Crippen LogP contribution in [0, 0.1) is 5.41 Å². The van der Waals surface area contributed by atoms with E-state index in [1.807, 2.05) is 30.3 Å². The maximum atomic E-state index is 11.4. The minimum absolute atomic E-state index is 0.581. The number of benzene rings is 1. The lowest BCUT2D eigenvalue weighted by atomic mass is 9.76. The molecule has 0 amide bonds. The second-order valence-electron chi connectivity index (χ2n) is 4.53. The highest BCUT2D eigenvalue weighted by atomic mass is 16.4. The number of piperidine rings is 1. The Bertz CT molecular complexity index is 355. The molecule has 1 saturated heterocycles. The molecule has 1 aliphatic heterocycles. The minimum Gasteiger partial charge on any atom is -0.481 e. The van der Waals surface area contributed by atoms with Crippen LogP contribution >= 0.6 is 0 Å². The van der Waals surface area contributed by atoms with Crippen molar-refractivity contribution < 1.29 is 9.90 Å². The van der Waals surface area contributed by atoms with Crippen LogP contribution in [0.3, 0.4) is 0 Å². The molecule has 1 heterocycles. The van der Waals surface area contributed by atoms with Crippen molar-refractivity contribution in [1.29, 1.82) is 0 Å². The van der Waals surface area contributed by atoms with Crippen molar-refractivity contribution in [1.82, 2.24) is 5.32 Å². The molecule has 86 valence electrons. The molecule has 1 atom stereocenters. The summed E-state index contributed by atoms with van der Waals surface area (Å²) in [6.07, 6.45) is 2.33. The lowest BCUT2D eigenvalue weighted by Crippen LogP contribution is -2.46. The third-order valence-electron chi connectivity index (χ3n) is 3.31. The van der Waals surface area contributed by atoms with Gasteiger partial charge >= 0.3 is 5.97 Å². The maximum absolute atomic E-state index is 11.4. The van der Waals surface area contributed by atoms with Gasteiger partial charge in [-0.1, -0.05) is 30.3 Å². The van der Waals surface area contributed by atoms with Gasteiger partial charge in [0.15, 0.2) is 0 Å². The quantitative estimate of drug-likeness (QED) is 0.813. The van der Waals surface area contributed by atoms with E-state index < -0.39 is 11.4 Å². The largest absolute Gasteiger partial charge is 0.481 e. The standard InChI is InChI=1S/C13H17NO2/c15-12(16)13(7-4-8-14-10-13)9-11-5-2-1-3-6-11/h1-3,5-6,14H,4,7-10H2,(H,15,16)/t13-/m0/s1. The highest BCUT2D eigenvalue weighted by Gasteiger charge is 2.39. The summed E-state index contributed by atoms with van der Waals surface area (Å²) in [5.74, 6) is -0.677. The summed E-state index contributed by atoms with van der Waals surface area (Å²) < 4.78 is 0. The van der Waals surface area contributed by atoms with E-state index in [1.165, 1.54) is 0 Å². The predicted octanol–water partition coefficient (Wildman–Crippen LogP) is 1.68. The van der Waals surface area contributed by atoms with Gasteiger partial charge in [-0.15, -0.1) is 0 Å². The van der Waals surface area contributed by atoms with Crippen LogP contribution in [0.25, 0.3) is 0 Å². The van der Waals surface area contributed by atoms with Crippen molar-refractivity contribution in [3.63, 3.8) is 0 Å². The van der Waals surface area contributed by atoms with Gasteiger partial charge in [0.05, 0.1) is 5.41 Å². The predicted molar refractivity (Wildman–Crippen MR) is 62.3 cm³/mol. The molecule has 3 heteroatoms. The normalized spacial score (nSPS) is 25.2. The molecule has 16 heavy (non-hydrogen) atoms.